The van der Waals surface area contributed by atoms with Crippen LogP contribution in [-0.4, -0.2) is 48.7 Å². The van der Waals surface area contributed by atoms with Gasteiger partial charge in [0.1, 0.15) is 17.7 Å². The standard InChI is InChI=1S/C10H16N6O2/c1-13-7-4-8(15-10(12)14-7)16-2-3-18-5-6(16)9(11)17/h4,6H,2-3,5H2,1H3,(H2,11,17)(H3,12,13,14,15). The van der Waals surface area contributed by atoms with Crippen LogP contribution >= 0.6 is 0 Å². The van der Waals surface area contributed by atoms with Gasteiger partial charge in [0.15, 0.2) is 0 Å². The second-order valence-corrected chi connectivity index (χ2v) is 3.91. The predicted octanol–water partition coefficient (Wildman–Crippen LogP) is -1.21. The number of nitrogens with one attached hydrogen (secondary N) is 1. The number of rotatable bonds is 3. The van der Waals surface area contributed by atoms with E-state index in [1.54, 1.807) is 18.0 Å². The maximum absolute atomic E-state index is 11.4. The van der Waals surface area contributed by atoms with E-state index in [2.05, 4.69) is 15.3 Å². The van der Waals surface area contributed by atoms with E-state index in [0.717, 1.165) is 0 Å². The van der Waals surface area contributed by atoms with Gasteiger partial charge < -0.3 is 26.4 Å². The minimum atomic E-state index is -0.530. The van der Waals surface area contributed by atoms with Gasteiger partial charge in [0, 0.05) is 19.7 Å². The summed E-state index contributed by atoms with van der Waals surface area (Å²) in [6.07, 6.45) is 0. The van der Waals surface area contributed by atoms with Crippen LogP contribution in [0.5, 0.6) is 0 Å². The summed E-state index contributed by atoms with van der Waals surface area (Å²) >= 11 is 0. The number of carbonyl (C=O) groups is 1. The number of aromatic nitrogens is 2. The van der Waals surface area contributed by atoms with Crippen LogP contribution < -0.4 is 21.7 Å². The maximum atomic E-state index is 11.4. The first-order valence-corrected chi connectivity index (χ1v) is 5.58. The zero-order chi connectivity index (χ0) is 13.1. The van der Waals surface area contributed by atoms with Gasteiger partial charge in [-0.3, -0.25) is 4.79 Å². The van der Waals surface area contributed by atoms with Gasteiger partial charge in [-0.15, -0.1) is 0 Å². The van der Waals surface area contributed by atoms with Crippen molar-refractivity contribution in [3.63, 3.8) is 0 Å². The Bertz CT molecular complexity index is 452. The lowest BCUT2D eigenvalue weighted by atomic mass is 10.2. The van der Waals surface area contributed by atoms with Crippen LogP contribution in [0.25, 0.3) is 0 Å². The molecule has 0 aliphatic carbocycles. The fourth-order valence-electron chi connectivity index (χ4n) is 1.84. The molecule has 1 aliphatic rings. The summed E-state index contributed by atoms with van der Waals surface area (Å²) in [5.41, 5.74) is 11.0. The molecular formula is C10H16N6O2. The summed E-state index contributed by atoms with van der Waals surface area (Å²) in [7, 11) is 1.73. The second kappa shape index (κ2) is 5.05. The van der Waals surface area contributed by atoms with Gasteiger partial charge in [0.2, 0.25) is 11.9 Å². The Morgan fingerprint density at radius 1 is 1.61 bits per heavy atom. The zero-order valence-electron chi connectivity index (χ0n) is 10.1. The monoisotopic (exact) mass is 252 g/mol. The molecule has 2 heterocycles. The minimum Gasteiger partial charge on any atom is -0.377 e. The smallest absolute Gasteiger partial charge is 0.242 e. The lowest BCUT2D eigenvalue weighted by Gasteiger charge is -2.34. The third-order valence-corrected chi connectivity index (χ3v) is 2.74. The molecule has 0 bridgehead atoms. The van der Waals surface area contributed by atoms with Gasteiger partial charge in [-0.05, 0) is 0 Å². The molecule has 1 aliphatic heterocycles. The number of amides is 1. The number of carbonyl (C=O) groups excluding carboxylic acids is 1. The normalized spacial score (nSPS) is 19.6. The molecule has 1 amide bonds. The van der Waals surface area contributed by atoms with E-state index >= 15 is 0 Å². The Labute approximate surface area is 104 Å². The summed E-state index contributed by atoms with van der Waals surface area (Å²) in [6, 6.07) is 1.19. The number of nitrogens with zero attached hydrogens (tertiary/aromatic N) is 3. The molecule has 18 heavy (non-hydrogen) atoms. The van der Waals surface area contributed by atoms with E-state index in [4.69, 9.17) is 16.2 Å². The molecule has 1 atom stereocenters. The number of morpholine rings is 1. The molecule has 0 saturated carbocycles. The van der Waals surface area contributed by atoms with E-state index < -0.39 is 11.9 Å². The van der Waals surface area contributed by atoms with Gasteiger partial charge in [0.25, 0.3) is 0 Å². The lowest BCUT2D eigenvalue weighted by molar-refractivity contribution is -0.121. The molecule has 1 aromatic rings. The summed E-state index contributed by atoms with van der Waals surface area (Å²) in [4.78, 5) is 21.3. The van der Waals surface area contributed by atoms with Crippen LogP contribution in [0.15, 0.2) is 6.07 Å². The molecular weight excluding hydrogens is 236 g/mol. The highest BCUT2D eigenvalue weighted by molar-refractivity contribution is 5.83. The topological polar surface area (TPSA) is 119 Å². The molecule has 2 rings (SSSR count). The van der Waals surface area contributed by atoms with Crippen molar-refractivity contribution in [1.29, 1.82) is 0 Å². The highest BCUT2D eigenvalue weighted by atomic mass is 16.5. The molecule has 1 aromatic heterocycles. The number of ether oxygens (including phenoxy) is 1. The van der Waals surface area contributed by atoms with Crippen molar-refractivity contribution >= 4 is 23.5 Å². The zero-order valence-corrected chi connectivity index (χ0v) is 10.1. The SMILES string of the molecule is CNc1cc(N2CCOCC2C(N)=O)nc(N)n1. The molecule has 8 heteroatoms. The number of hydrogen-bond donors (Lipinski definition) is 3. The Hall–Kier alpha value is -2.09. The lowest BCUT2D eigenvalue weighted by Crippen LogP contribution is -2.53. The summed E-state index contributed by atoms with van der Waals surface area (Å²) in [5, 5.41) is 2.89. The van der Waals surface area contributed by atoms with Gasteiger partial charge in [0.05, 0.1) is 13.2 Å². The van der Waals surface area contributed by atoms with Crippen LogP contribution in [0.3, 0.4) is 0 Å². The second-order valence-electron chi connectivity index (χ2n) is 3.91. The van der Waals surface area contributed by atoms with Crippen molar-refractivity contribution in [1.82, 2.24) is 9.97 Å². The Kier molecular flexibility index (Phi) is 3.47. The molecule has 5 N–H and O–H groups in total. The molecule has 8 nitrogen and oxygen atoms in total. The third kappa shape index (κ3) is 2.43. The van der Waals surface area contributed by atoms with E-state index in [1.807, 2.05) is 0 Å². The molecule has 0 radical (unpaired) electrons. The molecule has 1 fully saturated rings. The van der Waals surface area contributed by atoms with Crippen LogP contribution in [0, 0.1) is 0 Å². The highest BCUT2D eigenvalue weighted by Crippen LogP contribution is 2.20. The van der Waals surface area contributed by atoms with Crippen molar-refractivity contribution < 1.29 is 9.53 Å². The Morgan fingerprint density at radius 3 is 3.06 bits per heavy atom. The number of anilines is 3. The van der Waals surface area contributed by atoms with Crippen molar-refractivity contribution in [3.05, 3.63) is 6.07 Å². The van der Waals surface area contributed by atoms with Crippen molar-refractivity contribution in [3.8, 4) is 0 Å². The van der Waals surface area contributed by atoms with Gasteiger partial charge in [-0.1, -0.05) is 0 Å². The summed E-state index contributed by atoms with van der Waals surface area (Å²) < 4.78 is 5.25. The maximum Gasteiger partial charge on any atom is 0.242 e. The molecule has 0 aromatic carbocycles. The summed E-state index contributed by atoms with van der Waals surface area (Å²) in [5.74, 6) is 0.857. The quantitative estimate of drug-likeness (QED) is 0.617. The van der Waals surface area contributed by atoms with Crippen molar-refractivity contribution in [2.24, 2.45) is 5.73 Å². The predicted molar refractivity (Wildman–Crippen MR) is 67.1 cm³/mol. The van der Waals surface area contributed by atoms with Crippen molar-refractivity contribution in [2.45, 2.75) is 6.04 Å². The van der Waals surface area contributed by atoms with Gasteiger partial charge in [-0.2, -0.15) is 9.97 Å². The van der Waals surface area contributed by atoms with Gasteiger partial charge in [-0.25, -0.2) is 0 Å². The fraction of sp³-hybridized carbons (Fsp3) is 0.500. The first-order chi connectivity index (χ1) is 8.61. The van der Waals surface area contributed by atoms with E-state index in [9.17, 15) is 4.79 Å². The van der Waals surface area contributed by atoms with Crippen LogP contribution in [0.2, 0.25) is 0 Å². The molecule has 1 unspecified atom stereocenters. The molecule has 1 saturated heterocycles. The average molecular weight is 252 g/mol. The number of nitrogens with two attached hydrogens (primary N) is 2. The van der Waals surface area contributed by atoms with Gasteiger partial charge >= 0.3 is 0 Å². The largest absolute Gasteiger partial charge is 0.377 e. The molecule has 98 valence electrons. The van der Waals surface area contributed by atoms with Crippen LogP contribution in [0.1, 0.15) is 0 Å². The third-order valence-electron chi connectivity index (χ3n) is 2.74. The molecule has 0 spiro atoms. The highest BCUT2D eigenvalue weighted by Gasteiger charge is 2.29. The summed E-state index contributed by atoms with van der Waals surface area (Å²) in [6.45, 7) is 1.31. The van der Waals surface area contributed by atoms with Crippen LogP contribution in [0.4, 0.5) is 17.6 Å². The first kappa shape index (κ1) is 12.4. The van der Waals surface area contributed by atoms with E-state index in [1.165, 1.54) is 0 Å². The fourth-order valence-corrected chi connectivity index (χ4v) is 1.84. The van der Waals surface area contributed by atoms with E-state index in [-0.39, 0.29) is 12.6 Å². The average Bonchev–Trinajstić information content (AvgIpc) is 2.38. The number of nitrogen functional groups attached to an aromatic ring is 1. The Morgan fingerprint density at radius 2 is 2.39 bits per heavy atom. The van der Waals surface area contributed by atoms with E-state index in [0.29, 0.717) is 24.8 Å². The number of primary amides is 1. The van der Waals surface area contributed by atoms with Crippen molar-refractivity contribution in [2.75, 3.05) is 42.8 Å². The van der Waals surface area contributed by atoms with Crippen LogP contribution in [-0.2, 0) is 9.53 Å². The number of hydrogen-bond acceptors (Lipinski definition) is 7. The Balaban J connectivity index is 2.33. The first-order valence-electron chi connectivity index (χ1n) is 5.58. The minimum absolute atomic E-state index is 0.145.